The summed E-state index contributed by atoms with van der Waals surface area (Å²) in [4.78, 5) is 24.2. The molecule has 2 amide bonds. The Labute approximate surface area is 121 Å². The smallest absolute Gasteiger partial charge is 0.335 e. The Morgan fingerprint density at radius 1 is 1.43 bits per heavy atom. The van der Waals surface area contributed by atoms with Crippen molar-refractivity contribution in [1.82, 2.24) is 4.90 Å². The summed E-state index contributed by atoms with van der Waals surface area (Å²) in [6, 6.07) is 2.76. The van der Waals surface area contributed by atoms with Gasteiger partial charge in [0.05, 0.1) is 23.4 Å². The standard InChI is InChI=1S/C14H17FN2O4/c1-14(21)5-2-6-17(8-14)13(20)16-11-4-3-9(12(18)19)7-10(11)15/h3-4,7,21H,2,5-6,8H2,1H3,(H,16,20)(H,18,19). The van der Waals surface area contributed by atoms with Crippen LogP contribution >= 0.6 is 0 Å². The summed E-state index contributed by atoms with van der Waals surface area (Å²) in [5.41, 5.74) is -1.22. The summed E-state index contributed by atoms with van der Waals surface area (Å²) in [6.07, 6.45) is 1.28. The number of aromatic carboxylic acids is 1. The van der Waals surface area contributed by atoms with Crippen LogP contribution in [0.15, 0.2) is 18.2 Å². The molecule has 1 aliphatic heterocycles. The number of likely N-dealkylation sites (tertiary alicyclic amines) is 1. The monoisotopic (exact) mass is 296 g/mol. The Hall–Kier alpha value is -2.15. The highest BCUT2D eigenvalue weighted by Crippen LogP contribution is 2.22. The van der Waals surface area contributed by atoms with Crippen LogP contribution in [-0.4, -0.2) is 45.8 Å². The summed E-state index contributed by atoms with van der Waals surface area (Å²) in [7, 11) is 0. The lowest BCUT2D eigenvalue weighted by Crippen LogP contribution is -2.50. The zero-order valence-corrected chi connectivity index (χ0v) is 11.6. The number of β-amino-alcohol motifs (C(OH)–C–C–N with tert-alkyl or cyclic N) is 1. The summed E-state index contributed by atoms with van der Waals surface area (Å²) >= 11 is 0. The average molecular weight is 296 g/mol. The molecule has 3 N–H and O–H groups in total. The molecule has 1 fully saturated rings. The number of halogens is 1. The number of piperidine rings is 1. The number of hydrogen-bond acceptors (Lipinski definition) is 3. The molecule has 1 saturated heterocycles. The van der Waals surface area contributed by atoms with Gasteiger partial charge in [-0.15, -0.1) is 0 Å². The molecule has 2 rings (SSSR count). The molecule has 21 heavy (non-hydrogen) atoms. The molecule has 0 aliphatic carbocycles. The number of urea groups is 1. The largest absolute Gasteiger partial charge is 0.478 e. The molecule has 0 spiro atoms. The Bertz CT molecular complexity index is 574. The van der Waals surface area contributed by atoms with Gasteiger partial charge in [0, 0.05) is 6.54 Å². The van der Waals surface area contributed by atoms with Crippen molar-refractivity contribution in [2.24, 2.45) is 0 Å². The molecule has 7 heteroatoms. The van der Waals surface area contributed by atoms with Gasteiger partial charge in [0.2, 0.25) is 0 Å². The van der Waals surface area contributed by atoms with E-state index in [9.17, 15) is 19.1 Å². The van der Waals surface area contributed by atoms with Gasteiger partial charge >= 0.3 is 12.0 Å². The van der Waals surface area contributed by atoms with Crippen molar-refractivity contribution >= 4 is 17.7 Å². The van der Waals surface area contributed by atoms with Crippen LogP contribution in [0.3, 0.4) is 0 Å². The first kappa shape index (κ1) is 15.2. The third kappa shape index (κ3) is 3.69. The van der Waals surface area contributed by atoms with E-state index >= 15 is 0 Å². The number of rotatable bonds is 2. The summed E-state index contributed by atoms with van der Waals surface area (Å²) in [5.74, 6) is -2.05. The van der Waals surface area contributed by atoms with Crippen LogP contribution in [0, 0.1) is 5.82 Å². The second-order valence-electron chi connectivity index (χ2n) is 5.45. The first-order valence-corrected chi connectivity index (χ1v) is 6.60. The summed E-state index contributed by atoms with van der Waals surface area (Å²) in [5, 5.41) is 21.1. The molecular weight excluding hydrogens is 279 g/mol. The van der Waals surface area contributed by atoms with E-state index in [1.54, 1.807) is 6.92 Å². The van der Waals surface area contributed by atoms with E-state index in [2.05, 4.69) is 5.32 Å². The van der Waals surface area contributed by atoms with Crippen molar-refractivity contribution in [2.45, 2.75) is 25.4 Å². The van der Waals surface area contributed by atoms with Gasteiger partial charge < -0.3 is 20.4 Å². The van der Waals surface area contributed by atoms with Gasteiger partial charge in [0.25, 0.3) is 0 Å². The molecule has 0 aromatic heterocycles. The number of amides is 2. The van der Waals surface area contributed by atoms with E-state index in [4.69, 9.17) is 5.11 Å². The highest BCUT2D eigenvalue weighted by molar-refractivity contribution is 5.91. The molecule has 1 aromatic rings. The van der Waals surface area contributed by atoms with Crippen LogP contribution in [0.5, 0.6) is 0 Å². The van der Waals surface area contributed by atoms with E-state index in [1.165, 1.54) is 17.0 Å². The maximum absolute atomic E-state index is 13.7. The third-order valence-electron chi connectivity index (χ3n) is 3.42. The quantitative estimate of drug-likeness (QED) is 0.777. The topological polar surface area (TPSA) is 89.9 Å². The lowest BCUT2D eigenvalue weighted by atomic mass is 9.95. The number of anilines is 1. The number of carbonyl (C=O) groups excluding carboxylic acids is 1. The maximum Gasteiger partial charge on any atom is 0.335 e. The first-order chi connectivity index (χ1) is 9.78. The molecule has 0 bridgehead atoms. The highest BCUT2D eigenvalue weighted by Gasteiger charge is 2.31. The van der Waals surface area contributed by atoms with Crippen LogP contribution in [0.2, 0.25) is 0 Å². The Balaban J connectivity index is 2.07. The van der Waals surface area contributed by atoms with Crippen molar-refractivity contribution < 1.29 is 24.2 Å². The fraction of sp³-hybridized carbons (Fsp3) is 0.429. The van der Waals surface area contributed by atoms with Crippen molar-refractivity contribution in [2.75, 3.05) is 18.4 Å². The Morgan fingerprint density at radius 3 is 2.71 bits per heavy atom. The number of carbonyl (C=O) groups is 2. The Kier molecular flexibility index (Phi) is 4.13. The number of aliphatic hydroxyl groups is 1. The second kappa shape index (κ2) is 5.69. The van der Waals surface area contributed by atoms with Crippen molar-refractivity contribution in [3.8, 4) is 0 Å². The Morgan fingerprint density at radius 2 is 2.14 bits per heavy atom. The predicted octanol–water partition coefficient (Wildman–Crippen LogP) is 1.90. The minimum atomic E-state index is -1.24. The van der Waals surface area contributed by atoms with Crippen LogP contribution in [0.4, 0.5) is 14.9 Å². The molecule has 1 atom stereocenters. The van der Waals surface area contributed by atoms with Crippen molar-refractivity contribution in [3.63, 3.8) is 0 Å². The van der Waals surface area contributed by atoms with Crippen LogP contribution < -0.4 is 5.32 Å². The van der Waals surface area contributed by atoms with E-state index in [-0.39, 0.29) is 17.8 Å². The number of benzene rings is 1. The number of nitrogens with one attached hydrogen (secondary N) is 1. The SMILES string of the molecule is CC1(O)CCCN(C(=O)Nc2ccc(C(=O)O)cc2F)C1. The summed E-state index contributed by atoms with van der Waals surface area (Å²) in [6.45, 7) is 2.30. The molecule has 1 aromatic carbocycles. The molecule has 6 nitrogen and oxygen atoms in total. The van der Waals surface area contributed by atoms with Crippen molar-refractivity contribution in [1.29, 1.82) is 0 Å². The zero-order valence-electron chi connectivity index (χ0n) is 11.6. The second-order valence-corrected chi connectivity index (χ2v) is 5.45. The van der Waals surface area contributed by atoms with Crippen LogP contribution in [0.1, 0.15) is 30.1 Å². The number of hydrogen-bond donors (Lipinski definition) is 3. The molecule has 1 heterocycles. The van der Waals surface area contributed by atoms with Gasteiger partial charge in [-0.25, -0.2) is 14.0 Å². The minimum Gasteiger partial charge on any atom is -0.478 e. The normalized spacial score (nSPS) is 22.0. The average Bonchev–Trinajstić information content (AvgIpc) is 2.39. The summed E-state index contributed by atoms with van der Waals surface area (Å²) < 4.78 is 13.7. The lowest BCUT2D eigenvalue weighted by molar-refractivity contribution is -0.000645. The van der Waals surface area contributed by atoms with Gasteiger partial charge in [-0.05, 0) is 38.0 Å². The fourth-order valence-corrected chi connectivity index (χ4v) is 2.34. The van der Waals surface area contributed by atoms with Gasteiger partial charge in [0.1, 0.15) is 5.82 Å². The van der Waals surface area contributed by atoms with Gasteiger partial charge in [0.15, 0.2) is 0 Å². The van der Waals surface area contributed by atoms with Crippen molar-refractivity contribution in [3.05, 3.63) is 29.6 Å². The lowest BCUT2D eigenvalue weighted by Gasteiger charge is -2.36. The molecule has 0 radical (unpaired) electrons. The van der Waals surface area contributed by atoms with Crippen LogP contribution in [-0.2, 0) is 0 Å². The maximum atomic E-state index is 13.7. The minimum absolute atomic E-state index is 0.0878. The third-order valence-corrected chi connectivity index (χ3v) is 3.42. The first-order valence-electron chi connectivity index (χ1n) is 6.60. The van der Waals surface area contributed by atoms with Gasteiger partial charge in [-0.3, -0.25) is 0 Å². The molecular formula is C14H17FN2O4. The van der Waals surface area contributed by atoms with Gasteiger partial charge in [-0.2, -0.15) is 0 Å². The zero-order chi connectivity index (χ0) is 15.6. The molecule has 0 saturated carbocycles. The van der Waals surface area contributed by atoms with E-state index in [0.29, 0.717) is 19.4 Å². The number of carboxylic acids is 1. The molecule has 1 unspecified atom stereocenters. The highest BCUT2D eigenvalue weighted by atomic mass is 19.1. The molecule has 114 valence electrons. The number of nitrogens with zero attached hydrogens (tertiary/aromatic N) is 1. The molecule has 1 aliphatic rings. The number of carboxylic acid groups (broad SMARTS) is 1. The van der Waals surface area contributed by atoms with E-state index in [0.717, 1.165) is 6.07 Å². The fourth-order valence-electron chi connectivity index (χ4n) is 2.34. The van der Waals surface area contributed by atoms with E-state index < -0.39 is 23.4 Å². The predicted molar refractivity (Wildman–Crippen MR) is 73.8 cm³/mol. The van der Waals surface area contributed by atoms with Crippen LogP contribution in [0.25, 0.3) is 0 Å². The van der Waals surface area contributed by atoms with E-state index in [1.807, 2.05) is 0 Å². The van der Waals surface area contributed by atoms with Gasteiger partial charge in [-0.1, -0.05) is 0 Å².